The van der Waals surface area contributed by atoms with Crippen LogP contribution >= 0.6 is 15.9 Å². The summed E-state index contributed by atoms with van der Waals surface area (Å²) in [6.45, 7) is 0.226. The number of aliphatic carboxylic acids is 1. The average Bonchev–Trinajstić information content (AvgIpc) is 2.96. The normalized spacial score (nSPS) is 12.5. The minimum atomic E-state index is -0.942. The van der Waals surface area contributed by atoms with Crippen LogP contribution in [-0.2, 0) is 16.1 Å². The van der Waals surface area contributed by atoms with Crippen LogP contribution < -0.4 is 0 Å². The minimum Gasteiger partial charge on any atom is -0.481 e. The summed E-state index contributed by atoms with van der Waals surface area (Å²) in [5.41, 5.74) is 0. The van der Waals surface area contributed by atoms with Crippen molar-refractivity contribution in [2.24, 2.45) is 0 Å². The van der Waals surface area contributed by atoms with Gasteiger partial charge in [-0.1, -0.05) is 0 Å². The van der Waals surface area contributed by atoms with E-state index in [1.165, 1.54) is 11.8 Å². The maximum absolute atomic E-state index is 10.7. The Kier molecular flexibility index (Phi) is 4.27. The van der Waals surface area contributed by atoms with E-state index in [1.54, 1.807) is 12.1 Å². The van der Waals surface area contributed by atoms with Crippen LogP contribution in [0.15, 0.2) is 21.2 Å². The molecule has 2 rings (SSSR count). The van der Waals surface area contributed by atoms with E-state index in [0.717, 1.165) is 0 Å². The van der Waals surface area contributed by atoms with E-state index in [1.807, 2.05) is 0 Å². The van der Waals surface area contributed by atoms with Gasteiger partial charge in [0.05, 0.1) is 19.1 Å². The van der Waals surface area contributed by atoms with Gasteiger partial charge in [0.2, 0.25) is 5.82 Å². The van der Waals surface area contributed by atoms with Gasteiger partial charge in [0, 0.05) is 7.11 Å². The van der Waals surface area contributed by atoms with E-state index in [2.05, 4.69) is 31.5 Å². The first-order valence-electron chi connectivity index (χ1n) is 5.36. The molecule has 1 N–H and O–H groups in total. The zero-order chi connectivity index (χ0) is 13.8. The Morgan fingerprint density at radius 2 is 2.42 bits per heavy atom. The molecule has 0 amide bonds. The summed E-state index contributed by atoms with van der Waals surface area (Å²) in [5.74, 6) is -0.0394. The quantitative estimate of drug-likeness (QED) is 0.848. The molecule has 19 heavy (non-hydrogen) atoms. The number of nitrogens with zero attached hydrogens (tertiary/aromatic N) is 4. The number of tetrazole rings is 1. The van der Waals surface area contributed by atoms with Crippen molar-refractivity contribution >= 4 is 21.9 Å². The van der Waals surface area contributed by atoms with Gasteiger partial charge >= 0.3 is 5.97 Å². The van der Waals surface area contributed by atoms with E-state index >= 15 is 0 Å². The summed E-state index contributed by atoms with van der Waals surface area (Å²) in [6.07, 6.45) is -0.643. The zero-order valence-electron chi connectivity index (χ0n) is 9.99. The van der Waals surface area contributed by atoms with Gasteiger partial charge in [0.15, 0.2) is 10.4 Å². The van der Waals surface area contributed by atoms with Crippen molar-refractivity contribution < 1.29 is 19.1 Å². The molecular formula is C10H11BrN4O4. The second kappa shape index (κ2) is 5.93. The third-order valence-corrected chi connectivity index (χ3v) is 2.86. The third-order valence-electron chi connectivity index (χ3n) is 2.44. The predicted octanol–water partition coefficient (Wildman–Crippen LogP) is 1.19. The highest BCUT2D eigenvalue weighted by molar-refractivity contribution is 9.10. The number of carbonyl (C=O) groups is 1. The van der Waals surface area contributed by atoms with Crippen LogP contribution in [0.3, 0.4) is 0 Å². The molecule has 0 radical (unpaired) electrons. The first kappa shape index (κ1) is 13.7. The SMILES string of the molecule is COC(CC(=O)O)Cn1nnnc1-c1ccc(Br)o1. The molecule has 0 fully saturated rings. The van der Waals surface area contributed by atoms with Crippen molar-refractivity contribution in [3.63, 3.8) is 0 Å². The number of ether oxygens (including phenoxy) is 1. The smallest absolute Gasteiger partial charge is 0.306 e. The number of carboxylic acid groups (broad SMARTS) is 1. The Morgan fingerprint density at radius 1 is 1.63 bits per heavy atom. The molecule has 102 valence electrons. The number of rotatable bonds is 6. The number of aromatic nitrogens is 4. The van der Waals surface area contributed by atoms with Gasteiger partial charge < -0.3 is 14.3 Å². The van der Waals surface area contributed by atoms with Crippen LogP contribution in [-0.4, -0.2) is 44.5 Å². The monoisotopic (exact) mass is 330 g/mol. The Hall–Kier alpha value is -1.74. The first-order chi connectivity index (χ1) is 9.10. The van der Waals surface area contributed by atoms with Crippen molar-refractivity contribution in [2.45, 2.75) is 19.1 Å². The lowest BCUT2D eigenvalue weighted by molar-refractivity contribution is -0.139. The molecule has 0 aliphatic carbocycles. The highest BCUT2D eigenvalue weighted by Gasteiger charge is 2.18. The predicted molar refractivity (Wildman–Crippen MR) is 66.3 cm³/mol. The van der Waals surface area contributed by atoms with Gasteiger partial charge in [-0.25, -0.2) is 4.68 Å². The molecule has 9 heteroatoms. The number of furan rings is 1. The van der Waals surface area contributed by atoms with Crippen molar-refractivity contribution in [1.29, 1.82) is 0 Å². The largest absolute Gasteiger partial charge is 0.481 e. The fraction of sp³-hybridized carbons (Fsp3) is 0.400. The summed E-state index contributed by atoms with van der Waals surface area (Å²) < 4.78 is 12.5. The van der Waals surface area contributed by atoms with E-state index < -0.39 is 12.1 Å². The minimum absolute atomic E-state index is 0.127. The fourth-order valence-electron chi connectivity index (χ4n) is 1.55. The summed E-state index contributed by atoms with van der Waals surface area (Å²) in [4.78, 5) is 10.7. The molecule has 1 unspecified atom stereocenters. The summed E-state index contributed by atoms with van der Waals surface area (Å²) >= 11 is 3.19. The van der Waals surface area contributed by atoms with E-state index in [4.69, 9.17) is 14.3 Å². The van der Waals surface area contributed by atoms with Crippen LogP contribution in [0.25, 0.3) is 11.6 Å². The number of methoxy groups -OCH3 is 1. The lowest BCUT2D eigenvalue weighted by Crippen LogP contribution is -2.23. The van der Waals surface area contributed by atoms with Gasteiger partial charge in [-0.15, -0.1) is 5.10 Å². The number of carboxylic acids is 1. The number of hydrogen-bond acceptors (Lipinski definition) is 6. The van der Waals surface area contributed by atoms with E-state index in [0.29, 0.717) is 16.3 Å². The number of hydrogen-bond donors (Lipinski definition) is 1. The first-order valence-corrected chi connectivity index (χ1v) is 6.16. The second-order valence-corrected chi connectivity index (χ2v) is 4.53. The zero-order valence-corrected chi connectivity index (χ0v) is 11.6. The van der Waals surface area contributed by atoms with E-state index in [-0.39, 0.29) is 13.0 Å². The molecule has 2 aromatic heterocycles. The Balaban J connectivity index is 2.17. The molecule has 8 nitrogen and oxygen atoms in total. The highest BCUT2D eigenvalue weighted by Crippen LogP contribution is 2.22. The molecule has 0 aliphatic heterocycles. The molecule has 1 atom stereocenters. The molecule has 0 saturated carbocycles. The fourth-order valence-corrected chi connectivity index (χ4v) is 1.86. The standard InChI is InChI=1S/C10H11BrN4O4/c1-18-6(4-9(16)17)5-15-10(12-13-14-15)7-2-3-8(11)19-7/h2-3,6H,4-5H2,1H3,(H,16,17). The van der Waals surface area contributed by atoms with Gasteiger partial charge in [0.25, 0.3) is 0 Å². The highest BCUT2D eigenvalue weighted by atomic mass is 79.9. The molecule has 0 bridgehead atoms. The third kappa shape index (κ3) is 3.38. The van der Waals surface area contributed by atoms with E-state index in [9.17, 15) is 4.79 Å². The van der Waals surface area contributed by atoms with Crippen LogP contribution in [0.1, 0.15) is 6.42 Å². The Labute approximate surface area is 116 Å². The molecule has 0 saturated heterocycles. The summed E-state index contributed by atoms with van der Waals surface area (Å²) in [5, 5.41) is 20.0. The molecular weight excluding hydrogens is 320 g/mol. The molecule has 0 spiro atoms. The topological polar surface area (TPSA) is 103 Å². The van der Waals surface area contributed by atoms with Crippen molar-refractivity contribution in [3.8, 4) is 11.6 Å². The summed E-state index contributed by atoms with van der Waals surface area (Å²) in [6, 6.07) is 3.44. The van der Waals surface area contributed by atoms with Gasteiger partial charge in [-0.05, 0) is 38.5 Å². The molecule has 2 aromatic rings. The molecule has 0 aromatic carbocycles. The van der Waals surface area contributed by atoms with Gasteiger partial charge in [-0.3, -0.25) is 4.79 Å². The lowest BCUT2D eigenvalue weighted by atomic mass is 10.2. The Bertz CT molecular complexity index is 567. The van der Waals surface area contributed by atoms with Crippen molar-refractivity contribution in [3.05, 3.63) is 16.8 Å². The summed E-state index contributed by atoms with van der Waals surface area (Å²) in [7, 11) is 1.45. The van der Waals surface area contributed by atoms with Gasteiger partial charge in [-0.2, -0.15) is 0 Å². The van der Waals surface area contributed by atoms with Crippen molar-refractivity contribution in [1.82, 2.24) is 20.2 Å². The second-order valence-electron chi connectivity index (χ2n) is 3.74. The van der Waals surface area contributed by atoms with Crippen molar-refractivity contribution in [2.75, 3.05) is 7.11 Å². The maximum Gasteiger partial charge on any atom is 0.306 e. The van der Waals surface area contributed by atoms with Crippen LogP contribution in [0.5, 0.6) is 0 Å². The van der Waals surface area contributed by atoms with Gasteiger partial charge in [0.1, 0.15) is 0 Å². The van der Waals surface area contributed by atoms with Crippen LogP contribution in [0.2, 0.25) is 0 Å². The molecule has 0 aliphatic rings. The van der Waals surface area contributed by atoms with Crippen LogP contribution in [0.4, 0.5) is 0 Å². The lowest BCUT2D eigenvalue weighted by Gasteiger charge is -2.12. The maximum atomic E-state index is 10.7. The van der Waals surface area contributed by atoms with Crippen LogP contribution in [0, 0.1) is 0 Å². The molecule has 2 heterocycles. The Morgan fingerprint density at radius 3 is 3.00 bits per heavy atom. The average molecular weight is 331 g/mol. The number of halogens is 1.